The molecule has 1 N–H and O–H groups in total. The zero-order valence-corrected chi connectivity index (χ0v) is 9.54. The Morgan fingerprint density at radius 3 is 2.50 bits per heavy atom. The molecule has 0 aliphatic heterocycles. The van der Waals surface area contributed by atoms with E-state index in [1.807, 2.05) is 24.3 Å². The van der Waals surface area contributed by atoms with E-state index in [1.165, 1.54) is 11.6 Å². The van der Waals surface area contributed by atoms with Crippen molar-refractivity contribution < 1.29 is 4.79 Å². The zero-order valence-electron chi connectivity index (χ0n) is 7.96. The average Bonchev–Trinajstić information content (AvgIpc) is 2.18. The van der Waals surface area contributed by atoms with Crippen LogP contribution >= 0.6 is 15.9 Å². The minimum Gasteiger partial charge on any atom is -0.323 e. The monoisotopic (exact) mass is 253 g/mol. The second-order valence-corrected chi connectivity index (χ2v) is 4.30. The average molecular weight is 254 g/mol. The Balaban J connectivity index is 2.73. The molecule has 0 radical (unpaired) electrons. The maximum Gasteiger partial charge on any atom is 0.247 e. The van der Waals surface area contributed by atoms with Crippen LogP contribution in [-0.2, 0) is 4.79 Å². The number of carbonyl (C=O) groups is 1. The van der Waals surface area contributed by atoms with Gasteiger partial charge in [-0.25, -0.2) is 0 Å². The van der Waals surface area contributed by atoms with Gasteiger partial charge >= 0.3 is 0 Å². The van der Waals surface area contributed by atoms with Crippen molar-refractivity contribution in [2.75, 3.05) is 5.32 Å². The lowest BCUT2D eigenvalue weighted by molar-refractivity contribution is -0.111. The van der Waals surface area contributed by atoms with E-state index in [1.54, 1.807) is 0 Å². The van der Waals surface area contributed by atoms with Crippen LogP contribution in [0, 0.1) is 0 Å². The molecule has 0 aromatic heterocycles. The van der Waals surface area contributed by atoms with Crippen molar-refractivity contribution >= 4 is 27.5 Å². The summed E-state index contributed by atoms with van der Waals surface area (Å²) in [7, 11) is 0. The van der Waals surface area contributed by atoms with Crippen LogP contribution in [0.5, 0.6) is 0 Å². The van der Waals surface area contributed by atoms with Crippen molar-refractivity contribution in [2.24, 2.45) is 0 Å². The summed E-state index contributed by atoms with van der Waals surface area (Å²) >= 11 is 3.47. The van der Waals surface area contributed by atoms with Crippen LogP contribution in [0.3, 0.4) is 0 Å². The van der Waals surface area contributed by atoms with Crippen LogP contribution in [0.2, 0.25) is 0 Å². The summed E-state index contributed by atoms with van der Waals surface area (Å²) in [6, 6.07) is 7.68. The summed E-state index contributed by atoms with van der Waals surface area (Å²) in [6.07, 6.45) is 1.25. The smallest absolute Gasteiger partial charge is 0.247 e. The van der Waals surface area contributed by atoms with Gasteiger partial charge in [-0.2, -0.15) is 0 Å². The number of rotatable bonds is 3. The maximum atomic E-state index is 11.0. The van der Waals surface area contributed by atoms with Gasteiger partial charge in [-0.3, -0.25) is 4.79 Å². The Hall–Kier alpha value is -1.09. The predicted octanol–water partition coefficient (Wildman–Crippen LogP) is 3.27. The molecule has 74 valence electrons. The number of anilines is 1. The lowest BCUT2D eigenvalue weighted by atomic mass is 10.1. The normalized spacial score (nSPS) is 11.9. The number of amides is 1. The fraction of sp³-hybridized carbons (Fsp3) is 0.182. The van der Waals surface area contributed by atoms with Crippen molar-refractivity contribution in [2.45, 2.75) is 11.8 Å². The highest BCUT2D eigenvalue weighted by Crippen LogP contribution is 2.22. The summed E-state index contributed by atoms with van der Waals surface area (Å²) in [5, 5.41) is 2.69. The van der Waals surface area contributed by atoms with Crippen LogP contribution < -0.4 is 5.32 Å². The summed E-state index contributed by atoms with van der Waals surface area (Å²) in [5.74, 6) is -0.190. The largest absolute Gasteiger partial charge is 0.323 e. The molecule has 1 rings (SSSR count). The van der Waals surface area contributed by atoms with Crippen LogP contribution in [0.4, 0.5) is 5.69 Å². The van der Waals surface area contributed by atoms with E-state index in [-0.39, 0.29) is 5.91 Å². The number of hydrogen-bond acceptors (Lipinski definition) is 1. The first-order valence-electron chi connectivity index (χ1n) is 4.31. The van der Waals surface area contributed by atoms with Gasteiger partial charge < -0.3 is 5.32 Å². The molecule has 1 atom stereocenters. The first-order chi connectivity index (χ1) is 6.63. The lowest BCUT2D eigenvalue weighted by Gasteiger charge is -2.05. The lowest BCUT2D eigenvalue weighted by Crippen LogP contribution is -2.06. The standard InChI is InChI=1S/C11H12BrNO/c1-3-11(14)13-10-6-4-9(5-7-10)8(2)12/h3-8H,1H2,2H3,(H,13,14). The first kappa shape index (κ1) is 11.0. The number of hydrogen-bond donors (Lipinski definition) is 1. The van der Waals surface area contributed by atoms with E-state index in [4.69, 9.17) is 0 Å². The van der Waals surface area contributed by atoms with Gasteiger partial charge in [0, 0.05) is 10.5 Å². The van der Waals surface area contributed by atoms with E-state index in [0.717, 1.165) is 5.69 Å². The molecule has 0 heterocycles. The van der Waals surface area contributed by atoms with E-state index in [2.05, 4.69) is 34.7 Å². The van der Waals surface area contributed by atoms with Crippen LogP contribution in [0.15, 0.2) is 36.9 Å². The summed E-state index contributed by atoms with van der Waals surface area (Å²) < 4.78 is 0. The number of carbonyl (C=O) groups excluding carboxylic acids is 1. The molecule has 0 aliphatic carbocycles. The molecule has 2 nitrogen and oxygen atoms in total. The molecule has 3 heteroatoms. The van der Waals surface area contributed by atoms with Crippen molar-refractivity contribution in [1.29, 1.82) is 0 Å². The van der Waals surface area contributed by atoms with Gasteiger partial charge in [0.25, 0.3) is 0 Å². The predicted molar refractivity (Wildman–Crippen MR) is 62.6 cm³/mol. The van der Waals surface area contributed by atoms with Gasteiger partial charge in [0.05, 0.1) is 0 Å². The number of nitrogens with one attached hydrogen (secondary N) is 1. The van der Waals surface area contributed by atoms with Gasteiger partial charge in [0.2, 0.25) is 5.91 Å². The molecule has 1 aromatic carbocycles. The second-order valence-electron chi connectivity index (χ2n) is 2.93. The second kappa shape index (κ2) is 4.96. The highest BCUT2D eigenvalue weighted by atomic mass is 79.9. The van der Waals surface area contributed by atoms with Crippen molar-refractivity contribution in [3.8, 4) is 0 Å². The summed E-state index contributed by atoms with van der Waals surface area (Å²) in [6.45, 7) is 5.44. The number of benzene rings is 1. The van der Waals surface area contributed by atoms with Gasteiger partial charge in [0.15, 0.2) is 0 Å². The number of alkyl halides is 1. The molecule has 0 bridgehead atoms. The summed E-state index contributed by atoms with van der Waals surface area (Å²) in [4.78, 5) is 11.3. The molecule has 1 aromatic rings. The van der Waals surface area contributed by atoms with Crippen LogP contribution in [-0.4, -0.2) is 5.91 Å². The van der Waals surface area contributed by atoms with E-state index in [0.29, 0.717) is 4.83 Å². The SMILES string of the molecule is C=CC(=O)Nc1ccc(C(C)Br)cc1. The molecular weight excluding hydrogens is 242 g/mol. The molecule has 14 heavy (non-hydrogen) atoms. The molecule has 1 amide bonds. The van der Waals surface area contributed by atoms with E-state index >= 15 is 0 Å². The molecule has 0 spiro atoms. The van der Waals surface area contributed by atoms with Crippen molar-refractivity contribution in [3.05, 3.63) is 42.5 Å². The molecule has 0 saturated heterocycles. The third-order valence-corrected chi connectivity index (χ3v) is 2.35. The quantitative estimate of drug-likeness (QED) is 0.651. The molecule has 1 unspecified atom stereocenters. The third-order valence-electron chi connectivity index (χ3n) is 1.82. The Labute approximate surface area is 92.1 Å². The Kier molecular flexibility index (Phi) is 3.89. The molecule has 0 aliphatic rings. The Bertz CT molecular complexity index is 330. The maximum absolute atomic E-state index is 11.0. The fourth-order valence-electron chi connectivity index (χ4n) is 1.02. The minimum absolute atomic E-state index is 0.190. The molecule has 0 fully saturated rings. The van der Waals surface area contributed by atoms with Gasteiger partial charge in [-0.05, 0) is 30.7 Å². The molecular formula is C11H12BrNO. The Morgan fingerprint density at radius 2 is 2.07 bits per heavy atom. The molecule has 0 saturated carbocycles. The van der Waals surface area contributed by atoms with E-state index < -0.39 is 0 Å². The van der Waals surface area contributed by atoms with E-state index in [9.17, 15) is 4.79 Å². The van der Waals surface area contributed by atoms with Gasteiger partial charge in [0.1, 0.15) is 0 Å². The van der Waals surface area contributed by atoms with Crippen LogP contribution in [0.1, 0.15) is 17.3 Å². The summed E-state index contributed by atoms with van der Waals surface area (Å²) in [5.41, 5.74) is 1.97. The van der Waals surface area contributed by atoms with Crippen molar-refractivity contribution in [3.63, 3.8) is 0 Å². The highest BCUT2D eigenvalue weighted by molar-refractivity contribution is 9.09. The first-order valence-corrected chi connectivity index (χ1v) is 5.22. The minimum atomic E-state index is -0.190. The fourth-order valence-corrected chi connectivity index (χ4v) is 1.33. The highest BCUT2D eigenvalue weighted by Gasteiger charge is 2.00. The van der Waals surface area contributed by atoms with Gasteiger partial charge in [-0.15, -0.1) is 0 Å². The van der Waals surface area contributed by atoms with Crippen molar-refractivity contribution in [1.82, 2.24) is 0 Å². The van der Waals surface area contributed by atoms with Gasteiger partial charge in [-0.1, -0.05) is 34.6 Å². The zero-order chi connectivity index (χ0) is 10.6. The van der Waals surface area contributed by atoms with Crippen LogP contribution in [0.25, 0.3) is 0 Å². The third kappa shape index (κ3) is 3.00. The topological polar surface area (TPSA) is 29.1 Å². The Morgan fingerprint density at radius 1 is 1.50 bits per heavy atom. The number of halogens is 1.